The summed E-state index contributed by atoms with van der Waals surface area (Å²) < 4.78 is 1.41. The van der Waals surface area contributed by atoms with Crippen molar-refractivity contribution >= 4 is 33.1 Å². The number of benzene rings is 2. The van der Waals surface area contributed by atoms with Crippen molar-refractivity contribution in [2.75, 3.05) is 5.32 Å². The Morgan fingerprint density at radius 3 is 2.50 bits per heavy atom. The highest BCUT2D eigenvalue weighted by Gasteiger charge is 2.20. The molecule has 1 N–H and O–H groups in total. The number of nitrogens with zero attached hydrogens (tertiary/aromatic N) is 2. The molecule has 0 saturated heterocycles. The molecule has 5 nitrogen and oxygen atoms in total. The number of nitrogens with one attached hydrogen (secondary N) is 1. The standard InChI is InChI=1S/C24H23N3O2S/c1-4-17-7-9-18(10-8-17)20-13-30-23-21(20)24(29)27(14-25-23)16(3)22(28)26-19-11-5-15(2)6-12-19/h5-14,16H,4H2,1-3H3,(H,26,28)/t16-/m1/s1. The maximum Gasteiger partial charge on any atom is 0.263 e. The molecular weight excluding hydrogens is 394 g/mol. The van der Waals surface area contributed by atoms with Crippen molar-refractivity contribution in [2.45, 2.75) is 33.2 Å². The van der Waals surface area contributed by atoms with Crippen LogP contribution in [-0.2, 0) is 11.2 Å². The van der Waals surface area contributed by atoms with E-state index in [4.69, 9.17) is 0 Å². The molecule has 4 aromatic rings. The van der Waals surface area contributed by atoms with Gasteiger partial charge in [-0.05, 0) is 43.5 Å². The molecule has 0 unspecified atom stereocenters. The van der Waals surface area contributed by atoms with Crippen molar-refractivity contribution in [3.05, 3.63) is 81.7 Å². The number of aromatic nitrogens is 2. The minimum absolute atomic E-state index is 0.206. The fraction of sp³-hybridized carbons (Fsp3) is 0.208. The van der Waals surface area contributed by atoms with Crippen LogP contribution in [0.2, 0.25) is 0 Å². The van der Waals surface area contributed by atoms with E-state index < -0.39 is 6.04 Å². The van der Waals surface area contributed by atoms with Crippen LogP contribution in [-0.4, -0.2) is 15.5 Å². The minimum atomic E-state index is -0.689. The third-order valence-electron chi connectivity index (χ3n) is 5.31. The molecule has 0 aliphatic rings. The van der Waals surface area contributed by atoms with E-state index in [1.165, 1.54) is 27.8 Å². The Bertz CT molecular complexity index is 1250. The molecule has 1 amide bonds. The molecule has 4 rings (SSSR count). The molecule has 152 valence electrons. The predicted molar refractivity (Wildman–Crippen MR) is 123 cm³/mol. The van der Waals surface area contributed by atoms with Crippen LogP contribution in [0.3, 0.4) is 0 Å². The molecule has 6 heteroatoms. The number of fused-ring (bicyclic) bond motifs is 1. The first-order chi connectivity index (χ1) is 14.5. The number of hydrogen-bond acceptors (Lipinski definition) is 4. The normalized spacial score (nSPS) is 12.1. The first-order valence-electron chi connectivity index (χ1n) is 9.93. The monoisotopic (exact) mass is 417 g/mol. The van der Waals surface area contributed by atoms with E-state index in [2.05, 4.69) is 29.4 Å². The molecule has 2 heterocycles. The predicted octanol–water partition coefficient (Wildman–Crippen LogP) is 5.20. The Kier molecular flexibility index (Phi) is 5.50. The van der Waals surface area contributed by atoms with E-state index in [1.54, 1.807) is 6.92 Å². The van der Waals surface area contributed by atoms with Gasteiger partial charge in [0.25, 0.3) is 5.56 Å². The van der Waals surface area contributed by atoms with Gasteiger partial charge in [-0.2, -0.15) is 0 Å². The summed E-state index contributed by atoms with van der Waals surface area (Å²) in [6.45, 7) is 5.81. The number of thiophene rings is 1. The average molecular weight is 418 g/mol. The molecule has 1 atom stereocenters. The van der Waals surface area contributed by atoms with Gasteiger partial charge < -0.3 is 5.32 Å². The van der Waals surface area contributed by atoms with Crippen molar-refractivity contribution in [2.24, 2.45) is 0 Å². The molecule has 0 radical (unpaired) electrons. The summed E-state index contributed by atoms with van der Waals surface area (Å²) in [5.74, 6) is -0.258. The van der Waals surface area contributed by atoms with Gasteiger partial charge >= 0.3 is 0 Å². The summed E-state index contributed by atoms with van der Waals surface area (Å²) in [5, 5.41) is 5.39. The third kappa shape index (κ3) is 3.78. The van der Waals surface area contributed by atoms with E-state index in [1.807, 2.05) is 48.7 Å². The van der Waals surface area contributed by atoms with Crippen molar-refractivity contribution in [1.82, 2.24) is 9.55 Å². The Labute approximate surface area is 179 Å². The number of rotatable bonds is 5. The number of anilines is 1. The highest BCUT2D eigenvalue weighted by atomic mass is 32.1. The van der Waals surface area contributed by atoms with E-state index in [-0.39, 0.29) is 11.5 Å². The van der Waals surface area contributed by atoms with Crippen LogP contribution in [0.25, 0.3) is 21.3 Å². The van der Waals surface area contributed by atoms with E-state index in [0.29, 0.717) is 15.9 Å². The van der Waals surface area contributed by atoms with Crippen LogP contribution in [0.5, 0.6) is 0 Å². The van der Waals surface area contributed by atoms with Gasteiger partial charge in [-0.3, -0.25) is 14.2 Å². The summed E-state index contributed by atoms with van der Waals surface area (Å²) in [5.41, 5.74) is 4.69. The molecule has 0 aliphatic heterocycles. The van der Waals surface area contributed by atoms with Gasteiger partial charge in [0.05, 0.1) is 11.7 Å². The zero-order valence-corrected chi connectivity index (χ0v) is 18.0. The number of carbonyl (C=O) groups is 1. The lowest BCUT2D eigenvalue weighted by molar-refractivity contribution is -0.118. The lowest BCUT2D eigenvalue weighted by Gasteiger charge is -2.15. The van der Waals surface area contributed by atoms with Crippen molar-refractivity contribution in [3.8, 4) is 11.1 Å². The van der Waals surface area contributed by atoms with E-state index >= 15 is 0 Å². The van der Waals surface area contributed by atoms with Gasteiger partial charge in [-0.15, -0.1) is 11.3 Å². The second-order valence-corrected chi connectivity index (χ2v) is 8.23. The Morgan fingerprint density at radius 2 is 1.83 bits per heavy atom. The molecular formula is C24H23N3O2S. The number of aryl methyl sites for hydroxylation is 2. The van der Waals surface area contributed by atoms with E-state index in [9.17, 15) is 9.59 Å². The SMILES string of the molecule is CCc1ccc(-c2csc3ncn([C@H](C)C(=O)Nc4ccc(C)cc4)c(=O)c23)cc1. The smallest absolute Gasteiger partial charge is 0.263 e. The second kappa shape index (κ2) is 8.24. The van der Waals surface area contributed by atoms with Crippen LogP contribution in [0, 0.1) is 6.92 Å². The molecule has 30 heavy (non-hydrogen) atoms. The zero-order chi connectivity index (χ0) is 21.3. The summed E-state index contributed by atoms with van der Waals surface area (Å²) in [7, 11) is 0. The van der Waals surface area contributed by atoms with Crippen molar-refractivity contribution in [1.29, 1.82) is 0 Å². The topological polar surface area (TPSA) is 64.0 Å². The summed E-state index contributed by atoms with van der Waals surface area (Å²) >= 11 is 1.44. The molecule has 0 saturated carbocycles. The lowest BCUT2D eigenvalue weighted by Crippen LogP contribution is -2.31. The average Bonchev–Trinajstić information content (AvgIpc) is 3.20. The first kappa shape index (κ1) is 20.0. The Balaban J connectivity index is 1.69. The van der Waals surface area contributed by atoms with Crippen LogP contribution < -0.4 is 10.9 Å². The maximum absolute atomic E-state index is 13.3. The summed E-state index contributed by atoms with van der Waals surface area (Å²) in [4.78, 5) is 31.2. The quantitative estimate of drug-likeness (QED) is 0.486. The number of hydrogen-bond donors (Lipinski definition) is 1. The van der Waals surface area contributed by atoms with Crippen LogP contribution in [0.1, 0.15) is 31.0 Å². The fourth-order valence-electron chi connectivity index (χ4n) is 3.36. The Morgan fingerprint density at radius 1 is 1.13 bits per heavy atom. The van der Waals surface area contributed by atoms with Crippen molar-refractivity contribution < 1.29 is 4.79 Å². The largest absolute Gasteiger partial charge is 0.324 e. The molecule has 0 bridgehead atoms. The zero-order valence-electron chi connectivity index (χ0n) is 17.2. The number of carbonyl (C=O) groups excluding carboxylic acids is 1. The fourth-order valence-corrected chi connectivity index (χ4v) is 4.27. The molecule has 0 spiro atoms. The first-order valence-corrected chi connectivity index (χ1v) is 10.8. The molecule has 0 aliphatic carbocycles. The third-order valence-corrected chi connectivity index (χ3v) is 6.19. The highest BCUT2D eigenvalue weighted by molar-refractivity contribution is 7.17. The van der Waals surface area contributed by atoms with Gasteiger partial charge in [-0.25, -0.2) is 4.98 Å². The second-order valence-electron chi connectivity index (χ2n) is 7.37. The van der Waals surface area contributed by atoms with Gasteiger partial charge in [-0.1, -0.05) is 48.9 Å². The van der Waals surface area contributed by atoms with Gasteiger partial charge in [0.15, 0.2) is 0 Å². The van der Waals surface area contributed by atoms with Gasteiger partial charge in [0, 0.05) is 16.6 Å². The number of amides is 1. The van der Waals surface area contributed by atoms with E-state index in [0.717, 1.165) is 23.1 Å². The Hall–Kier alpha value is -3.25. The van der Waals surface area contributed by atoms with Crippen LogP contribution >= 0.6 is 11.3 Å². The van der Waals surface area contributed by atoms with Gasteiger partial charge in [0.1, 0.15) is 10.9 Å². The molecule has 0 fully saturated rings. The lowest BCUT2D eigenvalue weighted by atomic mass is 10.0. The summed E-state index contributed by atoms with van der Waals surface area (Å²) in [6.07, 6.45) is 2.43. The highest BCUT2D eigenvalue weighted by Crippen LogP contribution is 2.31. The molecule has 2 aromatic heterocycles. The van der Waals surface area contributed by atoms with Gasteiger partial charge in [0.2, 0.25) is 5.91 Å². The maximum atomic E-state index is 13.3. The van der Waals surface area contributed by atoms with Crippen LogP contribution in [0.15, 0.2) is 65.0 Å². The van der Waals surface area contributed by atoms with Crippen LogP contribution in [0.4, 0.5) is 5.69 Å². The van der Waals surface area contributed by atoms with Crippen molar-refractivity contribution in [3.63, 3.8) is 0 Å². The summed E-state index contributed by atoms with van der Waals surface area (Å²) in [6, 6.07) is 15.1. The molecule has 2 aromatic carbocycles. The minimum Gasteiger partial charge on any atom is -0.324 e.